The largest absolute Gasteiger partial charge is 0.497 e. The Kier molecular flexibility index (Phi) is 7.57. The van der Waals surface area contributed by atoms with Crippen molar-refractivity contribution in [2.75, 3.05) is 14.2 Å². The summed E-state index contributed by atoms with van der Waals surface area (Å²) in [5.41, 5.74) is 2.36. The van der Waals surface area contributed by atoms with Crippen LogP contribution in [0.2, 0.25) is 0 Å². The third kappa shape index (κ3) is 5.23. The lowest BCUT2D eigenvalue weighted by Gasteiger charge is -2.10. The highest BCUT2D eigenvalue weighted by Gasteiger charge is 2.03. The van der Waals surface area contributed by atoms with E-state index in [4.69, 9.17) is 9.47 Å². The molecule has 2 aromatic rings. The van der Waals surface area contributed by atoms with E-state index in [1.165, 1.54) is 5.56 Å². The summed E-state index contributed by atoms with van der Waals surface area (Å²) in [5.74, 6) is 1.78. The van der Waals surface area contributed by atoms with Gasteiger partial charge in [0.25, 0.3) is 0 Å². The first-order valence-corrected chi connectivity index (χ1v) is 7.18. The van der Waals surface area contributed by atoms with Crippen LogP contribution in [0.5, 0.6) is 11.5 Å². The molecule has 0 saturated heterocycles. The number of hydrogen-bond acceptors (Lipinski definition) is 3. The zero-order valence-corrected chi connectivity index (χ0v) is 14.5. The Hall–Kier alpha value is -1.23. The molecule has 21 heavy (non-hydrogen) atoms. The van der Waals surface area contributed by atoms with Crippen LogP contribution >= 0.6 is 28.3 Å². The van der Waals surface area contributed by atoms with E-state index in [0.29, 0.717) is 0 Å². The van der Waals surface area contributed by atoms with E-state index in [1.807, 2.05) is 24.3 Å². The zero-order valence-electron chi connectivity index (χ0n) is 12.1. The van der Waals surface area contributed by atoms with Crippen molar-refractivity contribution in [2.45, 2.75) is 13.1 Å². The van der Waals surface area contributed by atoms with Gasteiger partial charge in [0.05, 0.1) is 14.2 Å². The maximum Gasteiger partial charge on any atom is 0.123 e. The van der Waals surface area contributed by atoms with E-state index in [9.17, 15) is 0 Å². The molecule has 0 atom stereocenters. The zero-order chi connectivity index (χ0) is 14.4. The number of ether oxygens (including phenoxy) is 2. The molecule has 5 heteroatoms. The summed E-state index contributed by atoms with van der Waals surface area (Å²) in [6, 6.07) is 14.1. The van der Waals surface area contributed by atoms with Crippen LogP contribution < -0.4 is 14.8 Å². The molecule has 0 saturated carbocycles. The Morgan fingerprint density at radius 1 is 0.952 bits per heavy atom. The molecular weight excluding hydrogens is 354 g/mol. The van der Waals surface area contributed by atoms with E-state index in [0.717, 1.165) is 34.6 Å². The fourth-order valence-corrected chi connectivity index (χ4v) is 2.38. The Morgan fingerprint density at radius 2 is 1.67 bits per heavy atom. The lowest BCUT2D eigenvalue weighted by Crippen LogP contribution is -2.13. The second-order valence-corrected chi connectivity index (χ2v) is 5.32. The minimum Gasteiger partial charge on any atom is -0.497 e. The predicted molar refractivity (Wildman–Crippen MR) is 91.5 cm³/mol. The molecule has 2 rings (SSSR count). The van der Waals surface area contributed by atoms with Crippen molar-refractivity contribution in [2.24, 2.45) is 0 Å². The van der Waals surface area contributed by atoms with Crippen molar-refractivity contribution in [3.8, 4) is 11.5 Å². The normalized spacial score (nSPS) is 9.86. The monoisotopic (exact) mass is 371 g/mol. The molecule has 0 heterocycles. The molecule has 0 aromatic heterocycles. The molecule has 3 nitrogen and oxygen atoms in total. The van der Waals surface area contributed by atoms with Crippen molar-refractivity contribution >= 4 is 28.3 Å². The van der Waals surface area contributed by atoms with Gasteiger partial charge in [-0.05, 0) is 35.9 Å². The van der Waals surface area contributed by atoms with Crippen molar-refractivity contribution in [3.63, 3.8) is 0 Å². The summed E-state index contributed by atoms with van der Waals surface area (Å²) in [7, 11) is 3.36. The molecule has 0 aliphatic carbocycles. The molecule has 0 aliphatic rings. The Morgan fingerprint density at radius 3 is 2.29 bits per heavy atom. The standard InChI is InChI=1S/C16H18BrNO2.ClH/c1-19-15-6-3-12(4-7-15)10-18-11-13-9-14(17)5-8-16(13)20-2;/h3-9,18H,10-11H2,1-2H3;1H. The van der Waals surface area contributed by atoms with E-state index in [1.54, 1.807) is 14.2 Å². The average molecular weight is 373 g/mol. The Balaban J connectivity index is 0.00000220. The van der Waals surface area contributed by atoms with Gasteiger partial charge in [-0.1, -0.05) is 28.1 Å². The lowest BCUT2D eigenvalue weighted by atomic mass is 10.2. The first-order chi connectivity index (χ1) is 9.72. The van der Waals surface area contributed by atoms with E-state index in [2.05, 4.69) is 39.4 Å². The highest BCUT2D eigenvalue weighted by atomic mass is 79.9. The van der Waals surface area contributed by atoms with Crippen molar-refractivity contribution in [1.29, 1.82) is 0 Å². The van der Waals surface area contributed by atoms with Crippen LogP contribution in [-0.2, 0) is 13.1 Å². The van der Waals surface area contributed by atoms with Gasteiger partial charge < -0.3 is 14.8 Å². The van der Waals surface area contributed by atoms with Crippen molar-refractivity contribution in [3.05, 3.63) is 58.1 Å². The van der Waals surface area contributed by atoms with Gasteiger partial charge in [0.1, 0.15) is 11.5 Å². The number of hydrogen-bond donors (Lipinski definition) is 1. The van der Waals surface area contributed by atoms with Crippen LogP contribution in [0.3, 0.4) is 0 Å². The number of nitrogens with one attached hydrogen (secondary N) is 1. The van der Waals surface area contributed by atoms with Gasteiger partial charge in [-0.2, -0.15) is 0 Å². The van der Waals surface area contributed by atoms with Crippen LogP contribution in [-0.4, -0.2) is 14.2 Å². The highest BCUT2D eigenvalue weighted by Crippen LogP contribution is 2.22. The molecule has 0 fully saturated rings. The topological polar surface area (TPSA) is 30.5 Å². The van der Waals surface area contributed by atoms with E-state index in [-0.39, 0.29) is 12.4 Å². The van der Waals surface area contributed by atoms with Gasteiger partial charge in [-0.25, -0.2) is 0 Å². The van der Waals surface area contributed by atoms with Gasteiger partial charge in [-0.3, -0.25) is 0 Å². The maximum atomic E-state index is 5.36. The molecule has 0 aliphatic heterocycles. The third-order valence-corrected chi connectivity index (χ3v) is 3.54. The van der Waals surface area contributed by atoms with Crippen LogP contribution in [0, 0.1) is 0 Å². The molecule has 2 aromatic carbocycles. The highest BCUT2D eigenvalue weighted by molar-refractivity contribution is 9.10. The summed E-state index contributed by atoms with van der Waals surface area (Å²) in [5, 5.41) is 3.42. The quantitative estimate of drug-likeness (QED) is 0.825. The second kappa shape index (κ2) is 8.93. The van der Waals surface area contributed by atoms with Crippen LogP contribution in [0.1, 0.15) is 11.1 Å². The van der Waals surface area contributed by atoms with Crippen LogP contribution in [0.15, 0.2) is 46.9 Å². The summed E-state index contributed by atoms with van der Waals surface area (Å²) in [6.45, 7) is 1.56. The Bertz CT molecular complexity index is 561. The smallest absolute Gasteiger partial charge is 0.123 e. The predicted octanol–water partition coefficient (Wildman–Crippen LogP) is 4.18. The summed E-state index contributed by atoms with van der Waals surface area (Å²) in [6.07, 6.45) is 0. The molecule has 1 N–H and O–H groups in total. The number of halogens is 2. The summed E-state index contributed by atoms with van der Waals surface area (Å²) < 4.78 is 11.6. The summed E-state index contributed by atoms with van der Waals surface area (Å²) >= 11 is 3.48. The van der Waals surface area contributed by atoms with Gasteiger partial charge in [0.15, 0.2) is 0 Å². The fourth-order valence-electron chi connectivity index (χ4n) is 1.97. The fraction of sp³-hybridized carbons (Fsp3) is 0.250. The van der Waals surface area contributed by atoms with Gasteiger partial charge in [0.2, 0.25) is 0 Å². The number of rotatable bonds is 6. The minimum absolute atomic E-state index is 0. The number of methoxy groups -OCH3 is 2. The van der Waals surface area contributed by atoms with Crippen molar-refractivity contribution < 1.29 is 9.47 Å². The average Bonchev–Trinajstić information content (AvgIpc) is 2.48. The SMILES string of the molecule is COc1ccc(CNCc2cc(Br)ccc2OC)cc1.Cl. The minimum atomic E-state index is 0. The molecule has 0 bridgehead atoms. The van der Waals surface area contributed by atoms with Gasteiger partial charge in [-0.15, -0.1) is 12.4 Å². The van der Waals surface area contributed by atoms with Crippen LogP contribution in [0.4, 0.5) is 0 Å². The second-order valence-electron chi connectivity index (χ2n) is 4.41. The lowest BCUT2D eigenvalue weighted by molar-refractivity contribution is 0.407. The van der Waals surface area contributed by atoms with Crippen LogP contribution in [0.25, 0.3) is 0 Å². The van der Waals surface area contributed by atoms with E-state index >= 15 is 0 Å². The first kappa shape index (κ1) is 17.8. The molecule has 0 spiro atoms. The van der Waals surface area contributed by atoms with Crippen molar-refractivity contribution in [1.82, 2.24) is 5.32 Å². The van der Waals surface area contributed by atoms with E-state index < -0.39 is 0 Å². The number of benzene rings is 2. The summed E-state index contributed by atoms with van der Waals surface area (Å²) in [4.78, 5) is 0. The van der Waals surface area contributed by atoms with Gasteiger partial charge >= 0.3 is 0 Å². The molecular formula is C16H19BrClNO2. The maximum absolute atomic E-state index is 5.36. The molecule has 0 radical (unpaired) electrons. The third-order valence-electron chi connectivity index (χ3n) is 3.05. The van der Waals surface area contributed by atoms with Gasteiger partial charge in [0, 0.05) is 23.1 Å². The molecule has 0 amide bonds. The molecule has 114 valence electrons. The first-order valence-electron chi connectivity index (χ1n) is 6.39. The molecule has 0 unspecified atom stereocenters. The Labute approximate surface area is 140 Å².